The van der Waals surface area contributed by atoms with Gasteiger partial charge in [0, 0.05) is 63.1 Å². The van der Waals surface area contributed by atoms with Gasteiger partial charge in [-0.1, -0.05) is 17.7 Å². The van der Waals surface area contributed by atoms with Crippen LogP contribution in [0.15, 0.2) is 28.9 Å². The molecule has 0 spiro atoms. The normalized spacial score (nSPS) is 19.5. The summed E-state index contributed by atoms with van der Waals surface area (Å²) >= 11 is 6.12. The predicted octanol–water partition coefficient (Wildman–Crippen LogP) is 1.70. The number of benzene rings is 1. The molecule has 2 aliphatic heterocycles. The highest BCUT2D eigenvalue weighted by Crippen LogP contribution is 2.20. The monoisotopic (exact) mass is 477 g/mol. The highest BCUT2D eigenvalue weighted by molar-refractivity contribution is 6.31. The predicted molar refractivity (Wildman–Crippen MR) is 126 cm³/mol. The van der Waals surface area contributed by atoms with E-state index < -0.39 is 0 Å². The lowest BCUT2D eigenvalue weighted by molar-refractivity contribution is 0.00187. The number of hydrogen-bond acceptors (Lipinski definition) is 8. The second kappa shape index (κ2) is 11.4. The molecule has 3 heterocycles. The molecule has 9 nitrogen and oxygen atoms in total. The summed E-state index contributed by atoms with van der Waals surface area (Å²) in [6, 6.07) is 5.37. The van der Waals surface area contributed by atoms with E-state index in [0.717, 1.165) is 58.0 Å². The number of rotatable bonds is 8. The molecule has 10 heteroatoms. The fourth-order valence-electron chi connectivity index (χ4n) is 4.11. The van der Waals surface area contributed by atoms with Crippen LogP contribution in [0.4, 0.5) is 5.69 Å². The second-order valence-electron chi connectivity index (χ2n) is 8.69. The number of halogens is 1. The SMILES string of the molecule is Cc1ccc(NC(=O)c2coc(CN3CCN(C[C@H](O)CN4CCOCC4)CC3)n2)cc1Cl. The van der Waals surface area contributed by atoms with Crippen molar-refractivity contribution in [2.24, 2.45) is 0 Å². The molecular formula is C23H32ClN5O4. The average Bonchev–Trinajstić information content (AvgIpc) is 3.27. The zero-order chi connectivity index (χ0) is 23.2. The number of hydrogen-bond donors (Lipinski definition) is 2. The number of piperazine rings is 1. The number of aliphatic hydroxyl groups excluding tert-OH is 1. The lowest BCUT2D eigenvalue weighted by atomic mass is 10.2. The largest absolute Gasteiger partial charge is 0.447 e. The van der Waals surface area contributed by atoms with Gasteiger partial charge in [-0.15, -0.1) is 0 Å². The molecule has 0 radical (unpaired) electrons. The number of amides is 1. The highest BCUT2D eigenvalue weighted by Gasteiger charge is 2.23. The summed E-state index contributed by atoms with van der Waals surface area (Å²) in [4.78, 5) is 23.6. The Balaban J connectivity index is 1.20. The number of aliphatic hydroxyl groups is 1. The van der Waals surface area contributed by atoms with Gasteiger partial charge in [-0.2, -0.15) is 0 Å². The molecule has 2 saturated heterocycles. The van der Waals surface area contributed by atoms with E-state index in [1.54, 1.807) is 12.1 Å². The van der Waals surface area contributed by atoms with Gasteiger partial charge in [-0.25, -0.2) is 4.98 Å². The van der Waals surface area contributed by atoms with E-state index in [2.05, 4.69) is 25.0 Å². The van der Waals surface area contributed by atoms with Crippen molar-refractivity contribution in [1.29, 1.82) is 0 Å². The number of anilines is 1. The van der Waals surface area contributed by atoms with Crippen LogP contribution in [-0.2, 0) is 11.3 Å². The number of carbonyl (C=O) groups is 1. The topological polar surface area (TPSA) is 94.3 Å². The number of aromatic nitrogens is 1. The number of aryl methyl sites for hydroxylation is 1. The molecule has 2 N–H and O–H groups in total. The van der Waals surface area contributed by atoms with Crippen molar-refractivity contribution in [3.05, 3.63) is 46.6 Å². The maximum atomic E-state index is 12.5. The molecule has 0 saturated carbocycles. The molecule has 0 aliphatic carbocycles. The van der Waals surface area contributed by atoms with Gasteiger partial charge in [-0.3, -0.25) is 19.5 Å². The Hall–Kier alpha value is -2.01. The number of morpholine rings is 1. The minimum Gasteiger partial charge on any atom is -0.447 e. The van der Waals surface area contributed by atoms with Crippen molar-refractivity contribution in [1.82, 2.24) is 19.7 Å². The quantitative estimate of drug-likeness (QED) is 0.593. The van der Waals surface area contributed by atoms with Crippen LogP contribution in [0.5, 0.6) is 0 Å². The van der Waals surface area contributed by atoms with Crippen LogP contribution in [0.25, 0.3) is 0 Å². The summed E-state index contributed by atoms with van der Waals surface area (Å²) in [6.07, 6.45) is 1.03. The van der Waals surface area contributed by atoms with Crippen LogP contribution in [0.2, 0.25) is 5.02 Å². The lowest BCUT2D eigenvalue weighted by Gasteiger charge is -2.36. The van der Waals surface area contributed by atoms with E-state index in [9.17, 15) is 9.90 Å². The van der Waals surface area contributed by atoms with Gasteiger partial charge < -0.3 is 19.6 Å². The maximum Gasteiger partial charge on any atom is 0.277 e. The van der Waals surface area contributed by atoms with Gasteiger partial charge in [0.25, 0.3) is 5.91 Å². The second-order valence-corrected chi connectivity index (χ2v) is 9.10. The third-order valence-corrected chi connectivity index (χ3v) is 6.49. The van der Waals surface area contributed by atoms with Crippen LogP contribution < -0.4 is 5.32 Å². The van der Waals surface area contributed by atoms with Crippen molar-refractivity contribution < 1.29 is 19.1 Å². The fraction of sp³-hybridized carbons (Fsp3) is 0.565. The summed E-state index contributed by atoms with van der Waals surface area (Å²) < 4.78 is 10.9. The summed E-state index contributed by atoms with van der Waals surface area (Å²) in [7, 11) is 0. The third-order valence-electron chi connectivity index (χ3n) is 6.08. The third kappa shape index (κ3) is 6.99. The minimum atomic E-state index is -0.356. The number of carbonyl (C=O) groups excluding carboxylic acids is 1. The van der Waals surface area contributed by atoms with Crippen molar-refractivity contribution in [3.8, 4) is 0 Å². The van der Waals surface area contributed by atoms with Gasteiger partial charge in [0.1, 0.15) is 6.26 Å². The van der Waals surface area contributed by atoms with Crippen molar-refractivity contribution >= 4 is 23.2 Å². The molecule has 1 aromatic carbocycles. The van der Waals surface area contributed by atoms with Gasteiger partial charge >= 0.3 is 0 Å². The maximum absolute atomic E-state index is 12.5. The molecule has 2 fully saturated rings. The molecule has 1 atom stereocenters. The molecule has 1 amide bonds. The first kappa shape index (κ1) is 24.1. The van der Waals surface area contributed by atoms with Crippen LogP contribution in [0.3, 0.4) is 0 Å². The van der Waals surface area contributed by atoms with Gasteiger partial charge in [0.05, 0.1) is 25.9 Å². The Bertz CT molecular complexity index is 925. The minimum absolute atomic E-state index is 0.242. The van der Waals surface area contributed by atoms with E-state index >= 15 is 0 Å². The van der Waals surface area contributed by atoms with Gasteiger partial charge in [0.15, 0.2) is 5.69 Å². The Morgan fingerprint density at radius 2 is 1.79 bits per heavy atom. The summed E-state index contributed by atoms with van der Waals surface area (Å²) in [5, 5.41) is 13.8. The first-order chi connectivity index (χ1) is 16.0. The van der Waals surface area contributed by atoms with E-state index in [1.165, 1.54) is 6.26 Å². The van der Waals surface area contributed by atoms with Gasteiger partial charge in [0.2, 0.25) is 5.89 Å². The number of ether oxygens (including phenoxy) is 1. The molecule has 0 unspecified atom stereocenters. The van der Waals surface area contributed by atoms with Crippen LogP contribution in [0, 0.1) is 6.92 Å². The molecular weight excluding hydrogens is 446 g/mol. The Morgan fingerprint density at radius 3 is 2.48 bits per heavy atom. The summed E-state index contributed by atoms with van der Waals surface area (Å²) in [5.41, 5.74) is 1.81. The number of nitrogens with zero attached hydrogens (tertiary/aromatic N) is 4. The van der Waals surface area contributed by atoms with E-state index in [-0.39, 0.29) is 17.7 Å². The molecule has 1 aromatic heterocycles. The number of oxazole rings is 1. The molecule has 180 valence electrons. The summed E-state index contributed by atoms with van der Waals surface area (Å²) in [6.45, 7) is 10.6. The van der Waals surface area contributed by atoms with Crippen LogP contribution in [-0.4, -0.2) is 102 Å². The zero-order valence-corrected chi connectivity index (χ0v) is 19.8. The smallest absolute Gasteiger partial charge is 0.277 e. The Kier molecular flexibility index (Phi) is 8.34. The van der Waals surface area contributed by atoms with Crippen LogP contribution >= 0.6 is 11.6 Å². The molecule has 2 aliphatic rings. The van der Waals surface area contributed by atoms with Crippen molar-refractivity contribution in [3.63, 3.8) is 0 Å². The standard InChI is InChI=1S/C23H32ClN5O4/c1-17-2-3-18(12-20(17)24)25-23(31)21-16-33-22(26-21)15-28-6-4-27(5-7-28)13-19(30)14-29-8-10-32-11-9-29/h2-3,12,16,19,30H,4-11,13-15H2,1H3,(H,25,31)/t19-/m0/s1. The Labute approximate surface area is 199 Å². The van der Waals surface area contributed by atoms with Crippen LogP contribution in [0.1, 0.15) is 21.9 Å². The molecule has 2 aromatic rings. The van der Waals surface area contributed by atoms with E-state index in [1.807, 2.05) is 13.0 Å². The molecule has 33 heavy (non-hydrogen) atoms. The zero-order valence-electron chi connectivity index (χ0n) is 19.0. The first-order valence-corrected chi connectivity index (χ1v) is 11.8. The molecule has 0 bridgehead atoms. The Morgan fingerprint density at radius 1 is 1.12 bits per heavy atom. The van der Waals surface area contributed by atoms with E-state index in [4.69, 9.17) is 20.8 Å². The molecule has 4 rings (SSSR count). The van der Waals surface area contributed by atoms with Crippen molar-refractivity contribution in [2.75, 3.05) is 70.9 Å². The van der Waals surface area contributed by atoms with E-state index in [0.29, 0.717) is 36.2 Å². The highest BCUT2D eigenvalue weighted by atomic mass is 35.5. The van der Waals surface area contributed by atoms with Gasteiger partial charge in [-0.05, 0) is 24.6 Å². The fourth-order valence-corrected chi connectivity index (χ4v) is 4.29. The van der Waals surface area contributed by atoms with Crippen molar-refractivity contribution in [2.45, 2.75) is 19.6 Å². The summed E-state index contributed by atoms with van der Waals surface area (Å²) in [5.74, 6) is 0.187. The average molecular weight is 478 g/mol. The number of β-amino-alcohol motifs (C(OH)–C–C–N with tert-alkyl or cyclic N) is 1. The lowest BCUT2D eigenvalue weighted by Crippen LogP contribution is -2.50. The first-order valence-electron chi connectivity index (χ1n) is 11.4. The number of nitrogens with one attached hydrogen (secondary N) is 1.